The Morgan fingerprint density at radius 2 is 2.06 bits per heavy atom. The zero-order chi connectivity index (χ0) is 11.2. The second kappa shape index (κ2) is 6.21. The van der Waals surface area contributed by atoms with E-state index in [4.69, 9.17) is 12.2 Å². The number of nitrogens with one attached hydrogen (secondary N) is 1. The SMILES string of the molecule is S=C(NCc1cccs1)N1CCCCCC1. The molecule has 16 heavy (non-hydrogen) atoms. The third-order valence-corrected chi connectivity index (χ3v) is 4.17. The minimum atomic E-state index is 0.868. The lowest BCUT2D eigenvalue weighted by Gasteiger charge is -2.23. The Kier molecular flexibility index (Phi) is 4.60. The van der Waals surface area contributed by atoms with Crippen LogP contribution in [0.3, 0.4) is 0 Å². The molecule has 1 aromatic heterocycles. The van der Waals surface area contributed by atoms with Crippen molar-refractivity contribution >= 4 is 28.7 Å². The van der Waals surface area contributed by atoms with Crippen molar-refractivity contribution in [3.05, 3.63) is 22.4 Å². The highest BCUT2D eigenvalue weighted by Crippen LogP contribution is 2.11. The van der Waals surface area contributed by atoms with Crippen LogP contribution in [0.5, 0.6) is 0 Å². The summed E-state index contributed by atoms with van der Waals surface area (Å²) in [6.07, 6.45) is 5.26. The Bertz CT molecular complexity index is 314. The second-order valence-electron chi connectivity index (χ2n) is 4.14. The minimum Gasteiger partial charge on any atom is -0.358 e. The maximum Gasteiger partial charge on any atom is 0.169 e. The van der Waals surface area contributed by atoms with Crippen molar-refractivity contribution in [3.63, 3.8) is 0 Å². The first-order valence-electron chi connectivity index (χ1n) is 5.91. The molecule has 0 saturated carbocycles. The molecule has 2 heterocycles. The number of nitrogens with zero attached hydrogens (tertiary/aromatic N) is 1. The Morgan fingerprint density at radius 3 is 2.69 bits per heavy atom. The van der Waals surface area contributed by atoms with Crippen molar-refractivity contribution in [1.29, 1.82) is 0 Å². The predicted molar refractivity (Wildman–Crippen MR) is 73.8 cm³/mol. The lowest BCUT2D eigenvalue weighted by atomic mass is 10.2. The largest absolute Gasteiger partial charge is 0.358 e. The molecule has 2 nitrogen and oxygen atoms in total. The summed E-state index contributed by atoms with van der Waals surface area (Å²) in [5, 5.41) is 6.38. The molecule has 1 fully saturated rings. The molecule has 0 atom stereocenters. The average Bonchev–Trinajstić information content (AvgIpc) is 2.66. The van der Waals surface area contributed by atoms with E-state index in [1.54, 1.807) is 11.3 Å². The van der Waals surface area contributed by atoms with Crippen molar-refractivity contribution in [2.24, 2.45) is 0 Å². The van der Waals surface area contributed by atoms with Crippen LogP contribution in [-0.2, 0) is 6.54 Å². The van der Waals surface area contributed by atoms with E-state index in [9.17, 15) is 0 Å². The Morgan fingerprint density at radius 1 is 1.31 bits per heavy atom. The van der Waals surface area contributed by atoms with Crippen LogP contribution in [0.4, 0.5) is 0 Å². The zero-order valence-corrected chi connectivity index (χ0v) is 11.1. The lowest BCUT2D eigenvalue weighted by Crippen LogP contribution is -2.39. The second-order valence-corrected chi connectivity index (χ2v) is 5.56. The van der Waals surface area contributed by atoms with Gasteiger partial charge in [-0.25, -0.2) is 0 Å². The van der Waals surface area contributed by atoms with Crippen molar-refractivity contribution in [2.75, 3.05) is 13.1 Å². The van der Waals surface area contributed by atoms with E-state index < -0.39 is 0 Å². The van der Waals surface area contributed by atoms with Gasteiger partial charge in [0.05, 0.1) is 6.54 Å². The molecule has 1 aromatic rings. The summed E-state index contributed by atoms with van der Waals surface area (Å²) in [6, 6.07) is 4.22. The van der Waals surface area contributed by atoms with E-state index in [0.29, 0.717) is 0 Å². The molecular formula is C12H18N2S2. The third kappa shape index (κ3) is 3.46. The van der Waals surface area contributed by atoms with E-state index in [1.165, 1.54) is 30.6 Å². The van der Waals surface area contributed by atoms with Gasteiger partial charge < -0.3 is 10.2 Å². The van der Waals surface area contributed by atoms with Crippen LogP contribution in [0.25, 0.3) is 0 Å². The van der Waals surface area contributed by atoms with Gasteiger partial charge in [0.25, 0.3) is 0 Å². The molecule has 0 aliphatic carbocycles. The molecule has 1 N–H and O–H groups in total. The standard InChI is InChI=1S/C12H18N2S2/c15-12(13-10-11-6-5-9-16-11)14-7-3-1-2-4-8-14/h5-6,9H,1-4,7-8,10H2,(H,13,15). The molecule has 88 valence electrons. The van der Waals surface area contributed by atoms with Crippen LogP contribution < -0.4 is 5.32 Å². The number of thiophene rings is 1. The van der Waals surface area contributed by atoms with E-state index in [0.717, 1.165) is 24.7 Å². The fourth-order valence-corrected chi connectivity index (χ4v) is 2.86. The molecule has 0 bridgehead atoms. The highest BCUT2D eigenvalue weighted by molar-refractivity contribution is 7.80. The van der Waals surface area contributed by atoms with Crippen LogP contribution >= 0.6 is 23.6 Å². The molecule has 0 radical (unpaired) electrons. The minimum absolute atomic E-state index is 0.868. The van der Waals surface area contributed by atoms with E-state index in [-0.39, 0.29) is 0 Å². The summed E-state index contributed by atoms with van der Waals surface area (Å²) >= 11 is 7.20. The van der Waals surface area contributed by atoms with E-state index in [1.807, 2.05) is 0 Å². The van der Waals surface area contributed by atoms with Crippen LogP contribution in [0.1, 0.15) is 30.6 Å². The average molecular weight is 254 g/mol. The third-order valence-electron chi connectivity index (χ3n) is 2.89. The fraction of sp³-hybridized carbons (Fsp3) is 0.583. The van der Waals surface area contributed by atoms with Crippen LogP contribution in [0.2, 0.25) is 0 Å². The smallest absolute Gasteiger partial charge is 0.169 e. The van der Waals surface area contributed by atoms with Gasteiger partial charge in [0.2, 0.25) is 0 Å². The summed E-state index contributed by atoms with van der Waals surface area (Å²) < 4.78 is 0. The maximum absolute atomic E-state index is 5.43. The summed E-state index contributed by atoms with van der Waals surface area (Å²) in [4.78, 5) is 3.66. The van der Waals surface area contributed by atoms with E-state index >= 15 is 0 Å². The van der Waals surface area contributed by atoms with Crippen molar-refractivity contribution in [2.45, 2.75) is 32.2 Å². The number of hydrogen-bond donors (Lipinski definition) is 1. The number of rotatable bonds is 2. The first-order chi connectivity index (χ1) is 7.86. The lowest BCUT2D eigenvalue weighted by molar-refractivity contribution is 0.427. The van der Waals surface area contributed by atoms with Gasteiger partial charge in [-0.15, -0.1) is 11.3 Å². The predicted octanol–water partition coefficient (Wildman–Crippen LogP) is 3.00. The van der Waals surface area contributed by atoms with Gasteiger partial charge in [-0.3, -0.25) is 0 Å². The summed E-state index contributed by atoms with van der Waals surface area (Å²) in [5.74, 6) is 0. The number of likely N-dealkylation sites (tertiary alicyclic amines) is 1. The van der Waals surface area contributed by atoms with Crippen molar-refractivity contribution < 1.29 is 0 Å². The monoisotopic (exact) mass is 254 g/mol. The van der Waals surface area contributed by atoms with Gasteiger partial charge in [-0.1, -0.05) is 18.9 Å². The first kappa shape index (κ1) is 11.9. The molecular weight excluding hydrogens is 236 g/mol. The van der Waals surface area contributed by atoms with Gasteiger partial charge in [0.1, 0.15) is 0 Å². The van der Waals surface area contributed by atoms with Gasteiger partial charge in [-0.05, 0) is 36.5 Å². The van der Waals surface area contributed by atoms with Gasteiger partial charge >= 0.3 is 0 Å². The van der Waals surface area contributed by atoms with E-state index in [2.05, 4.69) is 27.7 Å². The highest BCUT2D eigenvalue weighted by atomic mass is 32.1. The first-order valence-corrected chi connectivity index (χ1v) is 7.20. The summed E-state index contributed by atoms with van der Waals surface area (Å²) in [6.45, 7) is 3.11. The van der Waals surface area contributed by atoms with Crippen molar-refractivity contribution in [3.8, 4) is 0 Å². The Balaban J connectivity index is 1.78. The van der Waals surface area contributed by atoms with Gasteiger partial charge in [-0.2, -0.15) is 0 Å². The molecule has 0 amide bonds. The normalized spacial score (nSPS) is 16.9. The molecule has 1 aliphatic rings. The molecule has 0 aromatic carbocycles. The number of hydrogen-bond acceptors (Lipinski definition) is 2. The van der Waals surface area contributed by atoms with Crippen LogP contribution in [0.15, 0.2) is 17.5 Å². The Hall–Kier alpha value is -0.610. The molecule has 1 aliphatic heterocycles. The number of thiocarbonyl (C=S) groups is 1. The fourth-order valence-electron chi connectivity index (χ4n) is 1.96. The van der Waals surface area contributed by atoms with Gasteiger partial charge in [0, 0.05) is 18.0 Å². The Labute approximate surface area is 107 Å². The van der Waals surface area contributed by atoms with Gasteiger partial charge in [0.15, 0.2) is 5.11 Å². The molecule has 1 saturated heterocycles. The summed E-state index contributed by atoms with van der Waals surface area (Å²) in [7, 11) is 0. The van der Waals surface area contributed by atoms with Crippen molar-refractivity contribution in [1.82, 2.24) is 10.2 Å². The quantitative estimate of drug-likeness (QED) is 0.817. The molecule has 0 unspecified atom stereocenters. The zero-order valence-electron chi connectivity index (χ0n) is 9.45. The molecule has 0 spiro atoms. The molecule has 2 rings (SSSR count). The molecule has 4 heteroatoms. The summed E-state index contributed by atoms with van der Waals surface area (Å²) in [5.41, 5.74) is 0. The van der Waals surface area contributed by atoms with Crippen LogP contribution in [-0.4, -0.2) is 23.1 Å². The topological polar surface area (TPSA) is 15.3 Å². The highest BCUT2D eigenvalue weighted by Gasteiger charge is 2.11. The maximum atomic E-state index is 5.43. The van der Waals surface area contributed by atoms with Crippen LogP contribution in [0, 0.1) is 0 Å².